The first kappa shape index (κ1) is 23.0. The SMILES string of the molecule is O=C(CCC(=O)N1CCOc2ccccc21)NCCCN1CCN(c2ccc(F)cc2)CC1. The standard InChI is InChI=1S/C25H31FN4O3/c26-20-6-8-21(9-7-20)29-16-14-28(15-17-29)13-3-12-27-24(31)10-11-25(32)30-18-19-33-23-5-2-1-4-22(23)30/h1-2,4-9H,3,10-19H2,(H,27,31). The molecule has 0 saturated carbocycles. The molecule has 4 rings (SSSR count). The molecule has 1 N–H and O–H groups in total. The Balaban J connectivity index is 1.10. The lowest BCUT2D eigenvalue weighted by molar-refractivity contribution is -0.125. The largest absolute Gasteiger partial charge is 0.490 e. The third kappa shape index (κ3) is 6.22. The van der Waals surface area contributed by atoms with E-state index in [1.165, 1.54) is 12.1 Å². The van der Waals surface area contributed by atoms with Crippen LogP contribution in [-0.4, -0.2) is 69.1 Å². The highest BCUT2D eigenvalue weighted by atomic mass is 19.1. The summed E-state index contributed by atoms with van der Waals surface area (Å²) in [7, 11) is 0. The van der Waals surface area contributed by atoms with E-state index in [-0.39, 0.29) is 30.5 Å². The van der Waals surface area contributed by atoms with Crippen LogP contribution in [0.5, 0.6) is 5.75 Å². The van der Waals surface area contributed by atoms with E-state index in [0.29, 0.717) is 25.4 Å². The van der Waals surface area contributed by atoms with Gasteiger partial charge < -0.3 is 19.9 Å². The predicted octanol–water partition coefficient (Wildman–Crippen LogP) is 2.66. The van der Waals surface area contributed by atoms with Crippen LogP contribution in [0.15, 0.2) is 48.5 Å². The number of fused-ring (bicyclic) bond motifs is 1. The molecule has 0 bridgehead atoms. The molecule has 33 heavy (non-hydrogen) atoms. The molecule has 0 atom stereocenters. The quantitative estimate of drug-likeness (QED) is 0.622. The zero-order valence-corrected chi connectivity index (χ0v) is 18.8. The van der Waals surface area contributed by atoms with Crippen LogP contribution in [0.4, 0.5) is 15.8 Å². The molecule has 0 unspecified atom stereocenters. The molecular formula is C25H31FN4O3. The topological polar surface area (TPSA) is 65.1 Å². The van der Waals surface area contributed by atoms with Crippen LogP contribution < -0.4 is 19.9 Å². The van der Waals surface area contributed by atoms with Gasteiger partial charge in [0.15, 0.2) is 0 Å². The van der Waals surface area contributed by atoms with Gasteiger partial charge in [-0.1, -0.05) is 12.1 Å². The number of halogens is 1. The third-order valence-corrected chi connectivity index (χ3v) is 6.13. The first-order valence-electron chi connectivity index (χ1n) is 11.6. The molecular weight excluding hydrogens is 423 g/mol. The molecule has 2 amide bonds. The number of carbonyl (C=O) groups is 2. The summed E-state index contributed by atoms with van der Waals surface area (Å²) < 4.78 is 18.7. The summed E-state index contributed by atoms with van der Waals surface area (Å²) >= 11 is 0. The Morgan fingerprint density at radius 3 is 2.48 bits per heavy atom. The second kappa shape index (κ2) is 11.1. The van der Waals surface area contributed by atoms with Crippen LogP contribution in [0.1, 0.15) is 19.3 Å². The number of nitrogens with one attached hydrogen (secondary N) is 1. The Morgan fingerprint density at radius 1 is 0.939 bits per heavy atom. The van der Waals surface area contributed by atoms with Crippen molar-refractivity contribution in [3.05, 3.63) is 54.3 Å². The van der Waals surface area contributed by atoms with E-state index in [9.17, 15) is 14.0 Å². The Morgan fingerprint density at radius 2 is 1.70 bits per heavy atom. The predicted molar refractivity (Wildman–Crippen MR) is 126 cm³/mol. The van der Waals surface area contributed by atoms with Crippen molar-refractivity contribution >= 4 is 23.2 Å². The fraction of sp³-hybridized carbons (Fsp3) is 0.440. The van der Waals surface area contributed by atoms with Crippen molar-refractivity contribution in [2.45, 2.75) is 19.3 Å². The average Bonchev–Trinajstić information content (AvgIpc) is 2.86. The zero-order valence-electron chi connectivity index (χ0n) is 18.8. The Kier molecular flexibility index (Phi) is 7.78. The first-order chi connectivity index (χ1) is 16.1. The van der Waals surface area contributed by atoms with Crippen molar-refractivity contribution in [2.75, 3.05) is 62.2 Å². The van der Waals surface area contributed by atoms with Crippen LogP contribution in [0.3, 0.4) is 0 Å². The van der Waals surface area contributed by atoms with E-state index < -0.39 is 0 Å². The first-order valence-corrected chi connectivity index (χ1v) is 11.6. The third-order valence-electron chi connectivity index (χ3n) is 6.13. The van der Waals surface area contributed by atoms with Gasteiger partial charge in [-0.2, -0.15) is 0 Å². The van der Waals surface area contributed by atoms with Gasteiger partial charge in [0.2, 0.25) is 11.8 Å². The van der Waals surface area contributed by atoms with E-state index in [4.69, 9.17) is 4.74 Å². The number of benzene rings is 2. The van der Waals surface area contributed by atoms with Crippen molar-refractivity contribution in [2.24, 2.45) is 0 Å². The number of rotatable bonds is 8. The molecule has 0 spiro atoms. The van der Waals surface area contributed by atoms with E-state index in [2.05, 4.69) is 15.1 Å². The van der Waals surface area contributed by atoms with Crippen molar-refractivity contribution in [3.63, 3.8) is 0 Å². The van der Waals surface area contributed by atoms with Gasteiger partial charge in [0, 0.05) is 51.3 Å². The number of hydrogen-bond donors (Lipinski definition) is 1. The van der Waals surface area contributed by atoms with Gasteiger partial charge in [-0.05, 0) is 49.4 Å². The summed E-state index contributed by atoms with van der Waals surface area (Å²) in [4.78, 5) is 31.2. The lowest BCUT2D eigenvalue weighted by Gasteiger charge is -2.36. The van der Waals surface area contributed by atoms with Gasteiger partial charge in [0.05, 0.1) is 12.2 Å². The summed E-state index contributed by atoms with van der Waals surface area (Å²) in [6.45, 7) is 6.20. The van der Waals surface area contributed by atoms with Crippen LogP contribution in [0, 0.1) is 5.82 Å². The van der Waals surface area contributed by atoms with Crippen LogP contribution in [0.25, 0.3) is 0 Å². The van der Waals surface area contributed by atoms with Gasteiger partial charge >= 0.3 is 0 Å². The molecule has 2 aromatic carbocycles. The normalized spacial score (nSPS) is 16.2. The molecule has 176 valence electrons. The van der Waals surface area contributed by atoms with Gasteiger partial charge in [-0.3, -0.25) is 14.5 Å². The molecule has 0 aromatic heterocycles. The average molecular weight is 455 g/mol. The van der Waals surface area contributed by atoms with Gasteiger partial charge in [0.25, 0.3) is 0 Å². The maximum absolute atomic E-state index is 13.1. The molecule has 7 nitrogen and oxygen atoms in total. The minimum Gasteiger partial charge on any atom is -0.490 e. The van der Waals surface area contributed by atoms with Crippen LogP contribution in [-0.2, 0) is 9.59 Å². The van der Waals surface area contributed by atoms with E-state index in [1.807, 2.05) is 36.4 Å². The highest BCUT2D eigenvalue weighted by Crippen LogP contribution is 2.31. The van der Waals surface area contributed by atoms with Crippen LogP contribution >= 0.6 is 0 Å². The number of nitrogens with zero attached hydrogens (tertiary/aromatic N) is 3. The van der Waals surface area contributed by atoms with Gasteiger partial charge in [0.1, 0.15) is 18.2 Å². The number of piperazine rings is 1. The number of amides is 2. The van der Waals surface area contributed by atoms with E-state index in [0.717, 1.165) is 50.5 Å². The lowest BCUT2D eigenvalue weighted by atomic mass is 10.2. The number of carbonyl (C=O) groups excluding carboxylic acids is 2. The lowest BCUT2D eigenvalue weighted by Crippen LogP contribution is -2.47. The minimum absolute atomic E-state index is 0.0556. The monoisotopic (exact) mass is 454 g/mol. The fourth-order valence-corrected chi connectivity index (χ4v) is 4.28. The summed E-state index contributed by atoms with van der Waals surface area (Å²) in [6, 6.07) is 14.1. The van der Waals surface area contributed by atoms with Crippen molar-refractivity contribution < 1.29 is 18.7 Å². The fourth-order valence-electron chi connectivity index (χ4n) is 4.28. The maximum atomic E-state index is 13.1. The highest BCUT2D eigenvalue weighted by Gasteiger charge is 2.23. The molecule has 1 saturated heterocycles. The zero-order chi connectivity index (χ0) is 23.0. The van der Waals surface area contributed by atoms with Crippen LogP contribution in [0.2, 0.25) is 0 Å². The molecule has 1 fully saturated rings. The molecule has 0 aliphatic carbocycles. The number of hydrogen-bond acceptors (Lipinski definition) is 5. The number of ether oxygens (including phenoxy) is 1. The van der Waals surface area contributed by atoms with Gasteiger partial charge in [-0.25, -0.2) is 4.39 Å². The number of anilines is 2. The Labute approximate surface area is 194 Å². The van der Waals surface area contributed by atoms with Gasteiger partial charge in [-0.15, -0.1) is 0 Å². The Hall–Kier alpha value is -3.13. The second-order valence-electron chi connectivity index (χ2n) is 8.37. The highest BCUT2D eigenvalue weighted by molar-refractivity contribution is 5.97. The molecule has 2 aliphatic rings. The summed E-state index contributed by atoms with van der Waals surface area (Å²) in [5.41, 5.74) is 1.83. The molecule has 2 heterocycles. The summed E-state index contributed by atoms with van der Waals surface area (Å²) in [6.07, 6.45) is 1.24. The number of para-hydroxylation sites is 2. The maximum Gasteiger partial charge on any atom is 0.227 e. The smallest absolute Gasteiger partial charge is 0.227 e. The summed E-state index contributed by atoms with van der Waals surface area (Å²) in [5.74, 6) is 0.348. The molecule has 8 heteroatoms. The second-order valence-corrected chi connectivity index (χ2v) is 8.37. The van der Waals surface area contributed by atoms with E-state index >= 15 is 0 Å². The molecule has 2 aliphatic heterocycles. The van der Waals surface area contributed by atoms with E-state index in [1.54, 1.807) is 4.90 Å². The minimum atomic E-state index is -0.213. The molecule has 2 aromatic rings. The van der Waals surface area contributed by atoms with Crippen molar-refractivity contribution in [1.82, 2.24) is 10.2 Å². The summed E-state index contributed by atoms with van der Waals surface area (Å²) in [5, 5.41) is 2.93. The molecule has 0 radical (unpaired) electrons. The Bertz CT molecular complexity index is 945. The van der Waals surface area contributed by atoms with Crippen molar-refractivity contribution in [1.29, 1.82) is 0 Å². The van der Waals surface area contributed by atoms with Crippen molar-refractivity contribution in [3.8, 4) is 5.75 Å².